The van der Waals surface area contributed by atoms with E-state index in [1.807, 2.05) is 40.8 Å². The van der Waals surface area contributed by atoms with Crippen LogP contribution in [0.5, 0.6) is 5.75 Å². The summed E-state index contributed by atoms with van der Waals surface area (Å²) >= 11 is 0. The van der Waals surface area contributed by atoms with Gasteiger partial charge >= 0.3 is 0 Å². The summed E-state index contributed by atoms with van der Waals surface area (Å²) < 4.78 is 11.8. The van der Waals surface area contributed by atoms with E-state index in [1.165, 1.54) is 42.4 Å². The number of carbonyl (C=O) groups excluding carboxylic acids is 1. The fourth-order valence-corrected chi connectivity index (χ4v) is 6.37. The highest BCUT2D eigenvalue weighted by atomic mass is 16.5. The lowest BCUT2D eigenvalue weighted by Crippen LogP contribution is -2.16. The van der Waals surface area contributed by atoms with Gasteiger partial charge in [-0.05, 0) is 123 Å². The van der Waals surface area contributed by atoms with Gasteiger partial charge in [-0.25, -0.2) is 0 Å². The summed E-state index contributed by atoms with van der Waals surface area (Å²) in [4.78, 5) is 18.4. The molecule has 0 N–H and O–H groups in total. The fraction of sp³-hybridized carbons (Fsp3) is 0.535. The number of ether oxygens (including phenoxy) is 2. The monoisotopic (exact) mass is 641 g/mol. The quantitative estimate of drug-likeness (QED) is 0.0999. The van der Waals surface area contributed by atoms with Crippen molar-refractivity contribution in [1.82, 2.24) is 0 Å². The van der Waals surface area contributed by atoms with Crippen LogP contribution in [0.2, 0.25) is 0 Å². The Balaban J connectivity index is 0.00000185. The summed E-state index contributed by atoms with van der Waals surface area (Å²) in [6.45, 7) is 19.0. The maximum Gasteiger partial charge on any atom is 0.165 e. The Morgan fingerprint density at radius 1 is 0.915 bits per heavy atom. The molecule has 1 fully saturated rings. The Hall–Kier alpha value is -3.24. The molecule has 1 aliphatic rings. The smallest absolute Gasteiger partial charge is 0.165 e. The third-order valence-corrected chi connectivity index (χ3v) is 9.08. The van der Waals surface area contributed by atoms with Crippen molar-refractivity contribution in [2.24, 2.45) is 16.8 Å². The number of nitrogens with zero attached hydrogens (tertiary/aromatic N) is 1. The second-order valence-electron chi connectivity index (χ2n) is 12.3. The van der Waals surface area contributed by atoms with Gasteiger partial charge in [0.1, 0.15) is 5.75 Å². The van der Waals surface area contributed by atoms with Gasteiger partial charge in [0.2, 0.25) is 0 Å². The third-order valence-electron chi connectivity index (χ3n) is 9.08. The molecule has 0 bridgehead atoms. The zero-order valence-corrected chi connectivity index (χ0v) is 31.1. The van der Waals surface area contributed by atoms with Crippen molar-refractivity contribution < 1.29 is 14.3 Å². The summed E-state index contributed by atoms with van der Waals surface area (Å²) in [6.07, 6.45) is 9.36. The highest BCUT2D eigenvalue weighted by Gasteiger charge is 2.21. The molecule has 1 saturated heterocycles. The number of rotatable bonds is 14. The Bertz CT molecular complexity index is 1350. The number of hydrogen-bond acceptors (Lipinski definition) is 4. The van der Waals surface area contributed by atoms with Crippen LogP contribution in [-0.4, -0.2) is 38.4 Å². The zero-order valence-electron chi connectivity index (χ0n) is 31.1. The van der Waals surface area contributed by atoms with Crippen LogP contribution in [0, 0.1) is 25.7 Å². The van der Waals surface area contributed by atoms with Crippen molar-refractivity contribution in [2.45, 2.75) is 113 Å². The molecule has 47 heavy (non-hydrogen) atoms. The van der Waals surface area contributed by atoms with Gasteiger partial charge in [-0.1, -0.05) is 84.0 Å². The van der Waals surface area contributed by atoms with E-state index in [0.717, 1.165) is 91.6 Å². The topological polar surface area (TPSA) is 47.9 Å². The van der Waals surface area contributed by atoms with Crippen LogP contribution in [0.4, 0.5) is 0 Å². The predicted molar refractivity (Wildman–Crippen MR) is 202 cm³/mol. The Morgan fingerprint density at radius 2 is 1.64 bits per heavy atom. The summed E-state index contributed by atoms with van der Waals surface area (Å²) in [5.74, 6) is 1.88. The van der Waals surface area contributed by atoms with Gasteiger partial charge in [-0.15, -0.1) is 0 Å². The van der Waals surface area contributed by atoms with E-state index in [0.29, 0.717) is 0 Å². The molecule has 0 aliphatic carbocycles. The molecule has 0 radical (unpaired) electrons. The molecule has 0 aromatic heterocycles. The predicted octanol–water partition coefficient (Wildman–Crippen LogP) is 11.0. The number of Topliss-reactive ketones (excluding diaryl/α,β-unsaturated/α-hetero) is 1. The van der Waals surface area contributed by atoms with Gasteiger partial charge in [0.15, 0.2) is 5.78 Å². The number of ketones is 1. The lowest BCUT2D eigenvalue weighted by Gasteiger charge is -2.18. The minimum atomic E-state index is -0.0691. The molecule has 4 heteroatoms. The number of aryl methyl sites for hydroxylation is 4. The Kier molecular flexibility index (Phi) is 19.0. The normalized spacial score (nSPS) is 15.3. The van der Waals surface area contributed by atoms with Gasteiger partial charge in [0.05, 0.1) is 6.61 Å². The van der Waals surface area contributed by atoms with Gasteiger partial charge in [-0.3, -0.25) is 9.79 Å². The number of aliphatic imine (C=N–C) groups is 1. The molecule has 2 atom stereocenters. The van der Waals surface area contributed by atoms with E-state index in [4.69, 9.17) is 9.47 Å². The van der Waals surface area contributed by atoms with E-state index in [1.54, 1.807) is 0 Å². The molecule has 1 aliphatic heterocycles. The minimum Gasteiger partial charge on any atom is -0.494 e. The molecular weight excluding hydrogens is 578 g/mol. The Labute approximate surface area is 287 Å². The van der Waals surface area contributed by atoms with E-state index < -0.39 is 0 Å². The van der Waals surface area contributed by atoms with Crippen molar-refractivity contribution in [3.63, 3.8) is 0 Å². The summed E-state index contributed by atoms with van der Waals surface area (Å²) in [5.41, 5.74) is 8.95. The van der Waals surface area contributed by atoms with Crippen molar-refractivity contribution >= 4 is 11.5 Å². The minimum absolute atomic E-state index is 0.0691. The molecule has 4 rings (SSSR count). The van der Waals surface area contributed by atoms with Gasteiger partial charge in [0.25, 0.3) is 0 Å². The maximum absolute atomic E-state index is 13.7. The number of hydrogen-bond donors (Lipinski definition) is 0. The van der Waals surface area contributed by atoms with Crippen molar-refractivity contribution in [3.05, 3.63) is 99.6 Å². The van der Waals surface area contributed by atoms with E-state index in [2.05, 4.69) is 87.3 Å². The second-order valence-corrected chi connectivity index (χ2v) is 12.3. The van der Waals surface area contributed by atoms with Crippen LogP contribution in [0.3, 0.4) is 0 Å². The van der Waals surface area contributed by atoms with Crippen LogP contribution in [0.15, 0.2) is 65.7 Å². The lowest BCUT2D eigenvalue weighted by atomic mass is 9.87. The molecule has 2 unspecified atom stereocenters. The van der Waals surface area contributed by atoms with Crippen LogP contribution >= 0.6 is 0 Å². The molecule has 0 saturated carbocycles. The average molecular weight is 642 g/mol. The van der Waals surface area contributed by atoms with E-state index in [-0.39, 0.29) is 11.7 Å². The van der Waals surface area contributed by atoms with E-state index in [9.17, 15) is 4.79 Å². The maximum atomic E-state index is 13.7. The molecule has 0 spiro atoms. The molecule has 258 valence electrons. The number of carbonyl (C=O) groups is 1. The molecule has 4 nitrogen and oxygen atoms in total. The van der Waals surface area contributed by atoms with Crippen molar-refractivity contribution in [1.29, 1.82) is 0 Å². The van der Waals surface area contributed by atoms with Crippen LogP contribution in [-0.2, 0) is 24.0 Å². The molecular formula is C43H63NO3. The van der Waals surface area contributed by atoms with Gasteiger partial charge in [-0.2, -0.15) is 0 Å². The van der Waals surface area contributed by atoms with Crippen LogP contribution in [0.1, 0.15) is 124 Å². The largest absolute Gasteiger partial charge is 0.494 e. The summed E-state index contributed by atoms with van der Waals surface area (Å²) in [7, 11) is 1.84. The SMILES string of the molecule is CC.CC.CCc1cc(OCCCC2CCCOCC2)ccc1CCC(C)C(=O)c1cc(C(Cc2ccccc2)=NC)c(C)cc1C. The average Bonchev–Trinajstić information content (AvgIpc) is 3.39. The standard InChI is InChI=1S/C39H51NO3.2C2H6/c1-6-33-26-35(43-22-11-15-31-14-10-21-42-23-20-31)19-18-34(33)17-16-28(2)39(41)37-27-36(29(3)24-30(37)4)38(40-5)25-32-12-8-7-9-13-32;2*1-2/h7-9,12-13,18-19,24,26-28,31H,6,10-11,14-17,20-23,25H2,1-5H3;2*1-2H3. The van der Waals surface area contributed by atoms with Gasteiger partial charge in [0, 0.05) is 43.9 Å². The molecule has 3 aromatic rings. The van der Waals surface area contributed by atoms with Crippen LogP contribution in [0.25, 0.3) is 0 Å². The first-order valence-corrected chi connectivity index (χ1v) is 18.4. The fourth-order valence-electron chi connectivity index (χ4n) is 6.37. The third kappa shape index (κ3) is 12.7. The molecule has 1 heterocycles. The first-order valence-electron chi connectivity index (χ1n) is 18.4. The Morgan fingerprint density at radius 3 is 2.34 bits per heavy atom. The highest BCUT2D eigenvalue weighted by Crippen LogP contribution is 2.26. The number of benzene rings is 3. The van der Waals surface area contributed by atoms with Crippen molar-refractivity contribution in [2.75, 3.05) is 26.9 Å². The van der Waals surface area contributed by atoms with Crippen LogP contribution < -0.4 is 4.74 Å². The lowest BCUT2D eigenvalue weighted by molar-refractivity contribution is 0.0923. The highest BCUT2D eigenvalue weighted by molar-refractivity contribution is 6.06. The van der Waals surface area contributed by atoms with Gasteiger partial charge < -0.3 is 9.47 Å². The molecule has 0 amide bonds. The molecule has 3 aromatic carbocycles. The van der Waals surface area contributed by atoms with Crippen molar-refractivity contribution in [3.8, 4) is 5.75 Å². The first-order chi connectivity index (χ1) is 22.9. The first kappa shape index (κ1) is 39.9. The summed E-state index contributed by atoms with van der Waals surface area (Å²) in [5, 5.41) is 0. The van der Waals surface area contributed by atoms with E-state index >= 15 is 0 Å². The summed E-state index contributed by atoms with van der Waals surface area (Å²) in [6, 6.07) is 21.1. The zero-order chi connectivity index (χ0) is 34.6. The second kappa shape index (κ2) is 22.4.